The molecule has 0 aromatic heterocycles. The maximum Gasteiger partial charge on any atom is 0.335 e. The van der Waals surface area contributed by atoms with Gasteiger partial charge < -0.3 is 10.4 Å². The van der Waals surface area contributed by atoms with Crippen LogP contribution in [0, 0.1) is 57.2 Å². The molecule has 0 amide bonds. The Hall–Kier alpha value is -1.87. The van der Waals surface area contributed by atoms with E-state index in [1.165, 1.54) is 68.1 Å². The Bertz CT molecular complexity index is 1310. The third kappa shape index (κ3) is 4.40. The highest BCUT2D eigenvalue weighted by atomic mass is 16.4. The Morgan fingerprint density at radius 2 is 1.63 bits per heavy atom. The summed E-state index contributed by atoms with van der Waals surface area (Å²) < 4.78 is 0. The van der Waals surface area contributed by atoms with Crippen molar-refractivity contribution in [3.63, 3.8) is 0 Å². The fourth-order valence-electron chi connectivity index (χ4n) is 12.7. The fraction of sp³-hybridized carbons (Fsp3) is 0.725. The van der Waals surface area contributed by atoms with Crippen molar-refractivity contribution in [3.05, 3.63) is 53.6 Å². The van der Waals surface area contributed by atoms with Crippen molar-refractivity contribution < 1.29 is 9.90 Å². The molecule has 0 radical (unpaired) electrons. The van der Waals surface area contributed by atoms with Gasteiger partial charge in [0.15, 0.2) is 0 Å². The molecule has 1 aromatic carbocycles. The fourth-order valence-corrected chi connectivity index (χ4v) is 12.7. The van der Waals surface area contributed by atoms with Crippen LogP contribution in [0.5, 0.6) is 0 Å². The summed E-state index contributed by atoms with van der Waals surface area (Å²) in [4.78, 5) is 11.5. The van der Waals surface area contributed by atoms with Crippen LogP contribution in [0.1, 0.15) is 129 Å². The van der Waals surface area contributed by atoms with Gasteiger partial charge >= 0.3 is 5.97 Å². The highest BCUT2D eigenvalue weighted by Crippen LogP contribution is 2.76. The number of nitrogens with one attached hydrogen (secondary N) is 1. The number of carboxylic acids is 1. The van der Waals surface area contributed by atoms with Gasteiger partial charge in [-0.15, -0.1) is 0 Å². The molecular weight excluding hydrogens is 526 g/mol. The standard InChI is InChI=1S/C40H59NO2/c1-25(2)24-41-40-21-16-29(26(3)4)34(40)31-14-15-33-37(7)19-17-30(27-10-12-28(13-11-27)35(42)43)36(5,6)32(37)18-20-39(33,9)38(31,8)22-23-40/h10-13,17,25,29,31-34,41H,3,14-16,18-24H2,1-2,4-9H3,(H,42,43)/t29-,31+,32-,33+,34+,37-,38+,39+,40-/m0/s1. The zero-order valence-corrected chi connectivity index (χ0v) is 28.5. The van der Waals surface area contributed by atoms with Gasteiger partial charge in [0.2, 0.25) is 0 Å². The second kappa shape index (κ2) is 10.3. The molecule has 4 saturated carbocycles. The molecule has 4 fully saturated rings. The van der Waals surface area contributed by atoms with E-state index in [0.717, 1.165) is 24.8 Å². The first-order chi connectivity index (χ1) is 20.1. The molecule has 3 heteroatoms. The van der Waals surface area contributed by atoms with E-state index in [0.29, 0.717) is 45.6 Å². The number of carboxylic acid groups (broad SMARTS) is 1. The van der Waals surface area contributed by atoms with Crippen LogP contribution >= 0.6 is 0 Å². The van der Waals surface area contributed by atoms with Crippen LogP contribution in [-0.4, -0.2) is 23.2 Å². The Balaban J connectivity index is 1.34. The summed E-state index contributed by atoms with van der Waals surface area (Å²) in [5.74, 6) is 3.32. The number of allylic oxidation sites excluding steroid dienone is 3. The minimum Gasteiger partial charge on any atom is -0.478 e. The summed E-state index contributed by atoms with van der Waals surface area (Å²) in [6.45, 7) is 25.8. The summed E-state index contributed by atoms with van der Waals surface area (Å²) in [5.41, 5.74) is 5.74. The molecule has 6 rings (SSSR count). The van der Waals surface area contributed by atoms with Crippen LogP contribution < -0.4 is 5.32 Å². The van der Waals surface area contributed by atoms with Crippen molar-refractivity contribution in [1.29, 1.82) is 0 Å². The third-order valence-corrected chi connectivity index (χ3v) is 14.9. The highest BCUT2D eigenvalue weighted by molar-refractivity contribution is 5.88. The molecule has 1 aromatic rings. The largest absolute Gasteiger partial charge is 0.478 e. The minimum atomic E-state index is -0.852. The van der Waals surface area contributed by atoms with Gasteiger partial charge in [-0.3, -0.25) is 0 Å². The minimum absolute atomic E-state index is 0.0514. The zero-order valence-electron chi connectivity index (χ0n) is 28.5. The van der Waals surface area contributed by atoms with Crippen LogP contribution in [0.15, 0.2) is 42.5 Å². The Morgan fingerprint density at radius 1 is 0.930 bits per heavy atom. The Labute approximate surface area is 262 Å². The van der Waals surface area contributed by atoms with E-state index in [1.807, 2.05) is 12.1 Å². The number of carbonyl (C=O) groups is 1. The average molecular weight is 586 g/mol. The summed E-state index contributed by atoms with van der Waals surface area (Å²) in [7, 11) is 0. The molecule has 2 N–H and O–H groups in total. The predicted molar refractivity (Wildman–Crippen MR) is 179 cm³/mol. The second-order valence-electron chi connectivity index (χ2n) is 17.5. The van der Waals surface area contributed by atoms with E-state index >= 15 is 0 Å². The van der Waals surface area contributed by atoms with Gasteiger partial charge in [-0.05, 0) is 152 Å². The molecule has 236 valence electrons. The Morgan fingerprint density at radius 3 is 2.26 bits per heavy atom. The quantitative estimate of drug-likeness (QED) is 0.327. The number of hydrogen-bond donors (Lipinski definition) is 2. The van der Waals surface area contributed by atoms with Crippen LogP contribution in [-0.2, 0) is 0 Å². The van der Waals surface area contributed by atoms with Gasteiger partial charge in [0.05, 0.1) is 5.56 Å². The lowest BCUT2D eigenvalue weighted by Crippen LogP contribution is -2.68. The summed E-state index contributed by atoms with van der Waals surface area (Å²) in [5, 5.41) is 13.7. The topological polar surface area (TPSA) is 49.3 Å². The van der Waals surface area contributed by atoms with Crippen LogP contribution in [0.3, 0.4) is 0 Å². The van der Waals surface area contributed by atoms with E-state index in [-0.39, 0.29) is 10.8 Å². The SMILES string of the molecule is C=C(C)[C@@H]1CC[C@]2(NCC(C)C)CC[C@]3(C)[C@H](CC[C@@H]4[C@@]5(C)CC=C(c6ccc(C(=O)O)cc6)C(C)(C)[C@@H]5CC[C@]43C)[C@@H]12. The van der Waals surface area contributed by atoms with Gasteiger partial charge in [-0.1, -0.05) is 78.8 Å². The molecule has 5 aliphatic rings. The lowest BCUT2D eigenvalue weighted by Gasteiger charge is -2.72. The maximum atomic E-state index is 11.5. The molecule has 0 heterocycles. The Kier molecular flexibility index (Phi) is 7.48. The first-order valence-electron chi connectivity index (χ1n) is 17.6. The van der Waals surface area contributed by atoms with Crippen molar-refractivity contribution in [3.8, 4) is 0 Å². The number of rotatable bonds is 6. The second-order valence-corrected chi connectivity index (χ2v) is 17.5. The average Bonchev–Trinajstić information content (AvgIpc) is 3.32. The number of benzene rings is 1. The highest BCUT2D eigenvalue weighted by Gasteiger charge is 2.70. The van der Waals surface area contributed by atoms with Gasteiger partial charge in [-0.25, -0.2) is 4.79 Å². The van der Waals surface area contributed by atoms with E-state index in [2.05, 4.69) is 73.4 Å². The van der Waals surface area contributed by atoms with Crippen LogP contribution in [0.25, 0.3) is 5.57 Å². The van der Waals surface area contributed by atoms with Gasteiger partial charge in [0.1, 0.15) is 0 Å². The predicted octanol–water partition coefficient (Wildman–Crippen LogP) is 10.0. The first kappa shape index (κ1) is 31.1. The van der Waals surface area contributed by atoms with E-state index < -0.39 is 5.97 Å². The van der Waals surface area contributed by atoms with E-state index in [4.69, 9.17) is 0 Å². The summed E-state index contributed by atoms with van der Waals surface area (Å²) in [6, 6.07) is 7.64. The van der Waals surface area contributed by atoms with Crippen molar-refractivity contribution in [2.24, 2.45) is 57.2 Å². The van der Waals surface area contributed by atoms with Gasteiger partial charge in [0, 0.05) is 5.54 Å². The molecule has 0 spiro atoms. The molecule has 0 bridgehead atoms. The molecule has 0 unspecified atom stereocenters. The molecule has 5 aliphatic carbocycles. The molecular formula is C40H59NO2. The zero-order chi connectivity index (χ0) is 31.2. The normalized spacial score (nSPS) is 43.2. The molecule has 0 aliphatic heterocycles. The first-order valence-corrected chi connectivity index (χ1v) is 17.6. The number of aromatic carboxylic acids is 1. The molecule has 3 nitrogen and oxygen atoms in total. The third-order valence-electron chi connectivity index (χ3n) is 14.9. The number of fused-ring (bicyclic) bond motifs is 7. The van der Waals surface area contributed by atoms with Crippen molar-refractivity contribution in [1.82, 2.24) is 5.32 Å². The monoisotopic (exact) mass is 585 g/mol. The molecule has 9 atom stereocenters. The maximum absolute atomic E-state index is 11.5. The molecule has 0 saturated heterocycles. The van der Waals surface area contributed by atoms with E-state index in [1.54, 1.807) is 12.1 Å². The summed E-state index contributed by atoms with van der Waals surface area (Å²) in [6.07, 6.45) is 14.4. The van der Waals surface area contributed by atoms with Crippen molar-refractivity contribution in [2.75, 3.05) is 6.54 Å². The number of hydrogen-bond acceptors (Lipinski definition) is 2. The summed E-state index contributed by atoms with van der Waals surface area (Å²) >= 11 is 0. The van der Waals surface area contributed by atoms with Crippen molar-refractivity contribution >= 4 is 11.5 Å². The van der Waals surface area contributed by atoms with Crippen LogP contribution in [0.4, 0.5) is 0 Å². The van der Waals surface area contributed by atoms with Gasteiger partial charge in [-0.2, -0.15) is 0 Å². The van der Waals surface area contributed by atoms with Gasteiger partial charge in [0.25, 0.3) is 0 Å². The van der Waals surface area contributed by atoms with Crippen LogP contribution in [0.2, 0.25) is 0 Å². The smallest absolute Gasteiger partial charge is 0.335 e. The van der Waals surface area contributed by atoms with E-state index in [9.17, 15) is 9.90 Å². The molecule has 43 heavy (non-hydrogen) atoms. The van der Waals surface area contributed by atoms with Crippen molar-refractivity contribution in [2.45, 2.75) is 119 Å². The lowest BCUT2D eigenvalue weighted by molar-refractivity contribution is -0.219. The lowest BCUT2D eigenvalue weighted by atomic mass is 9.33.